The maximum absolute atomic E-state index is 11.2. The lowest BCUT2D eigenvalue weighted by Gasteiger charge is -2.28. The lowest BCUT2D eigenvalue weighted by atomic mass is 10.1. The number of aryl methyl sites for hydroxylation is 1. The zero-order valence-electron chi connectivity index (χ0n) is 11.3. The van der Waals surface area contributed by atoms with Crippen molar-refractivity contribution >= 4 is 11.7 Å². The third-order valence-electron chi connectivity index (χ3n) is 2.99. The maximum atomic E-state index is 11.2. The maximum Gasteiger partial charge on any atom is 0.322 e. The third-order valence-corrected chi connectivity index (χ3v) is 2.99. The molecular weight excluding hydrogens is 228 g/mol. The number of carboxylic acids is 1. The fourth-order valence-electron chi connectivity index (χ4n) is 2.01. The fraction of sp³-hybridized carbons (Fsp3) is 0.500. The van der Waals surface area contributed by atoms with Gasteiger partial charge in [-0.1, -0.05) is 25.1 Å². The molecule has 0 radical (unpaired) electrons. The summed E-state index contributed by atoms with van der Waals surface area (Å²) >= 11 is 0. The molecule has 0 amide bonds. The summed E-state index contributed by atoms with van der Waals surface area (Å²) in [5.74, 6) is -0.802. The number of benzene rings is 1. The smallest absolute Gasteiger partial charge is 0.322 e. The molecule has 0 heterocycles. The van der Waals surface area contributed by atoms with Gasteiger partial charge in [-0.05, 0) is 32.0 Å². The van der Waals surface area contributed by atoms with Crippen molar-refractivity contribution in [1.29, 1.82) is 0 Å². The van der Waals surface area contributed by atoms with Crippen LogP contribution >= 0.6 is 0 Å². The van der Waals surface area contributed by atoms with Crippen LogP contribution in [0.3, 0.4) is 0 Å². The van der Waals surface area contributed by atoms with Crippen LogP contribution in [0.2, 0.25) is 0 Å². The monoisotopic (exact) mass is 250 g/mol. The summed E-state index contributed by atoms with van der Waals surface area (Å²) in [6.07, 6.45) is 0. The highest BCUT2D eigenvalue weighted by Crippen LogP contribution is 2.19. The topological polar surface area (TPSA) is 52.6 Å². The molecule has 0 saturated heterocycles. The second kappa shape index (κ2) is 7.01. The van der Waals surface area contributed by atoms with Gasteiger partial charge in [-0.25, -0.2) is 0 Å². The minimum absolute atomic E-state index is 0.477. The van der Waals surface area contributed by atoms with Crippen molar-refractivity contribution < 1.29 is 9.90 Å². The number of nitrogens with one attached hydrogen (secondary N) is 1. The van der Waals surface area contributed by atoms with Crippen LogP contribution in [0.4, 0.5) is 5.69 Å². The molecule has 0 spiro atoms. The van der Waals surface area contributed by atoms with Gasteiger partial charge in [-0.15, -0.1) is 0 Å². The van der Waals surface area contributed by atoms with Gasteiger partial charge in [0, 0.05) is 18.8 Å². The number of carbonyl (C=O) groups is 1. The molecule has 4 heteroatoms. The first-order chi connectivity index (χ1) is 8.60. The molecule has 18 heavy (non-hydrogen) atoms. The van der Waals surface area contributed by atoms with Crippen LogP contribution in [-0.2, 0) is 4.79 Å². The number of rotatable bonds is 7. The molecule has 0 aliphatic heterocycles. The summed E-state index contributed by atoms with van der Waals surface area (Å²) in [5.41, 5.74) is 2.27. The largest absolute Gasteiger partial charge is 0.480 e. The van der Waals surface area contributed by atoms with Crippen LogP contribution in [0.25, 0.3) is 0 Å². The zero-order chi connectivity index (χ0) is 13.5. The number of aliphatic carboxylic acids is 1. The van der Waals surface area contributed by atoms with E-state index in [0.717, 1.165) is 12.2 Å². The molecule has 0 aromatic heterocycles. The molecule has 1 atom stereocenters. The van der Waals surface area contributed by atoms with E-state index in [1.165, 1.54) is 5.56 Å². The van der Waals surface area contributed by atoms with E-state index < -0.39 is 12.0 Å². The number of hydrogen-bond donors (Lipinski definition) is 2. The summed E-state index contributed by atoms with van der Waals surface area (Å²) in [4.78, 5) is 13.3. The highest BCUT2D eigenvalue weighted by atomic mass is 16.4. The van der Waals surface area contributed by atoms with Crippen molar-refractivity contribution in [2.45, 2.75) is 26.8 Å². The summed E-state index contributed by atoms with van der Waals surface area (Å²) in [5, 5.41) is 12.2. The first-order valence-corrected chi connectivity index (χ1v) is 6.36. The molecule has 1 aromatic rings. The average molecular weight is 250 g/mol. The highest BCUT2D eigenvalue weighted by molar-refractivity contribution is 5.74. The number of carboxylic acid groups (broad SMARTS) is 1. The van der Waals surface area contributed by atoms with Gasteiger partial charge < -0.3 is 15.3 Å². The normalized spacial score (nSPS) is 12.2. The van der Waals surface area contributed by atoms with Crippen molar-refractivity contribution in [2.75, 3.05) is 24.5 Å². The van der Waals surface area contributed by atoms with Crippen molar-refractivity contribution in [3.8, 4) is 0 Å². The van der Waals surface area contributed by atoms with Gasteiger partial charge in [0.1, 0.15) is 6.04 Å². The lowest BCUT2D eigenvalue weighted by molar-refractivity contribution is -0.139. The van der Waals surface area contributed by atoms with Gasteiger partial charge in [0.05, 0.1) is 0 Å². The molecule has 0 aliphatic rings. The van der Waals surface area contributed by atoms with Gasteiger partial charge in [0.2, 0.25) is 0 Å². The Labute approximate surface area is 109 Å². The molecule has 100 valence electrons. The first-order valence-electron chi connectivity index (χ1n) is 6.36. The van der Waals surface area contributed by atoms with Crippen LogP contribution in [0, 0.1) is 6.92 Å². The molecule has 0 fully saturated rings. The summed E-state index contributed by atoms with van der Waals surface area (Å²) < 4.78 is 0. The molecule has 0 bridgehead atoms. The number of para-hydroxylation sites is 1. The van der Waals surface area contributed by atoms with E-state index in [1.54, 1.807) is 0 Å². The first kappa shape index (κ1) is 14.5. The Bertz CT molecular complexity index is 393. The van der Waals surface area contributed by atoms with E-state index in [-0.39, 0.29) is 0 Å². The van der Waals surface area contributed by atoms with E-state index in [0.29, 0.717) is 13.1 Å². The van der Waals surface area contributed by atoms with Gasteiger partial charge in [0.25, 0.3) is 0 Å². The number of likely N-dealkylation sites (N-methyl/N-ethyl adjacent to an activating group) is 2. The lowest BCUT2D eigenvalue weighted by Crippen LogP contribution is -2.46. The Morgan fingerprint density at radius 1 is 1.39 bits per heavy atom. The van der Waals surface area contributed by atoms with Gasteiger partial charge in [0.15, 0.2) is 0 Å². The Hall–Kier alpha value is -1.55. The molecule has 1 rings (SSSR count). The summed E-state index contributed by atoms with van der Waals surface area (Å²) in [6.45, 7) is 7.92. The quantitative estimate of drug-likeness (QED) is 0.776. The number of nitrogens with zero attached hydrogens (tertiary/aromatic N) is 1. The van der Waals surface area contributed by atoms with Crippen molar-refractivity contribution in [2.24, 2.45) is 0 Å². The molecule has 2 N–H and O–H groups in total. The second-order valence-corrected chi connectivity index (χ2v) is 4.27. The molecule has 1 aromatic carbocycles. The second-order valence-electron chi connectivity index (χ2n) is 4.27. The van der Waals surface area contributed by atoms with E-state index in [4.69, 9.17) is 0 Å². The van der Waals surface area contributed by atoms with Gasteiger partial charge in [-0.3, -0.25) is 4.79 Å². The van der Waals surface area contributed by atoms with Gasteiger partial charge in [-0.2, -0.15) is 0 Å². The van der Waals surface area contributed by atoms with Crippen molar-refractivity contribution in [3.05, 3.63) is 29.8 Å². The molecule has 4 nitrogen and oxygen atoms in total. The Morgan fingerprint density at radius 2 is 2.06 bits per heavy atom. The fourth-order valence-corrected chi connectivity index (χ4v) is 2.01. The average Bonchev–Trinajstić information content (AvgIpc) is 2.35. The van der Waals surface area contributed by atoms with Crippen LogP contribution in [0.1, 0.15) is 19.4 Å². The van der Waals surface area contributed by atoms with Crippen molar-refractivity contribution in [3.63, 3.8) is 0 Å². The zero-order valence-corrected chi connectivity index (χ0v) is 11.3. The predicted molar refractivity (Wildman–Crippen MR) is 74.2 cm³/mol. The van der Waals surface area contributed by atoms with E-state index in [2.05, 4.69) is 10.2 Å². The van der Waals surface area contributed by atoms with Gasteiger partial charge >= 0.3 is 5.97 Å². The molecular formula is C14H22N2O2. The minimum Gasteiger partial charge on any atom is -0.480 e. The number of anilines is 1. The molecule has 0 aliphatic carbocycles. The van der Waals surface area contributed by atoms with Crippen molar-refractivity contribution in [1.82, 2.24) is 5.32 Å². The van der Waals surface area contributed by atoms with Crippen LogP contribution in [0.5, 0.6) is 0 Å². The Kier molecular flexibility index (Phi) is 5.65. The summed E-state index contributed by atoms with van der Waals surface area (Å²) in [6, 6.07) is 7.51. The van der Waals surface area contributed by atoms with Crippen LogP contribution in [0.15, 0.2) is 24.3 Å². The summed E-state index contributed by atoms with van der Waals surface area (Å²) in [7, 11) is 0. The molecule has 1 unspecified atom stereocenters. The highest BCUT2D eigenvalue weighted by Gasteiger charge is 2.20. The minimum atomic E-state index is -0.802. The SMILES string of the molecule is CCNC(CN(CC)c1ccccc1C)C(=O)O. The standard InChI is InChI=1S/C14H22N2O2/c1-4-15-12(14(17)18)10-16(5-2)13-9-7-6-8-11(13)3/h6-9,12,15H,4-5,10H2,1-3H3,(H,17,18). The predicted octanol–water partition coefficient (Wildman–Crippen LogP) is 1.88. The molecule has 0 saturated carbocycles. The Balaban J connectivity index is 2.84. The van der Waals surface area contributed by atoms with E-state index >= 15 is 0 Å². The van der Waals surface area contributed by atoms with E-state index in [1.807, 2.05) is 45.0 Å². The third kappa shape index (κ3) is 3.74. The number of hydrogen-bond acceptors (Lipinski definition) is 3. The van der Waals surface area contributed by atoms with Crippen LogP contribution < -0.4 is 10.2 Å². The Morgan fingerprint density at radius 3 is 2.56 bits per heavy atom. The van der Waals surface area contributed by atoms with E-state index in [9.17, 15) is 9.90 Å². The van der Waals surface area contributed by atoms with Crippen LogP contribution in [-0.4, -0.2) is 36.8 Å².